The van der Waals surface area contributed by atoms with Gasteiger partial charge in [0.25, 0.3) is 0 Å². The summed E-state index contributed by atoms with van der Waals surface area (Å²) < 4.78 is 64.7. The standard InChI is InChI=1S/C17H21F3N2O2S/c1-6-22-16(24-5)12(4)11(3)14-9-8-13(17(18,19)20)10-15(14)25(21,23)7-2/h6,8-10,21H,3,7H2,1-2,4-5H3/b16-12+,22-6?. The van der Waals surface area contributed by atoms with Crippen molar-refractivity contribution in [1.82, 2.24) is 0 Å². The maximum Gasteiger partial charge on any atom is 0.416 e. The number of nitrogens with zero attached hydrogens (tertiary/aromatic N) is 1. The molecule has 0 heterocycles. The lowest BCUT2D eigenvalue weighted by Crippen LogP contribution is -2.11. The Morgan fingerprint density at radius 3 is 2.48 bits per heavy atom. The van der Waals surface area contributed by atoms with E-state index in [2.05, 4.69) is 11.6 Å². The molecule has 0 fully saturated rings. The molecule has 0 aliphatic carbocycles. The molecule has 0 saturated carbocycles. The molecule has 0 spiro atoms. The second-order valence-electron chi connectivity index (χ2n) is 5.17. The number of halogens is 3. The van der Waals surface area contributed by atoms with E-state index in [1.165, 1.54) is 26.3 Å². The summed E-state index contributed by atoms with van der Waals surface area (Å²) >= 11 is 0. The zero-order chi connectivity index (χ0) is 19.4. The Bertz CT molecular complexity index is 823. The van der Waals surface area contributed by atoms with E-state index in [0.29, 0.717) is 11.1 Å². The van der Waals surface area contributed by atoms with Gasteiger partial charge < -0.3 is 4.74 Å². The monoisotopic (exact) mass is 374 g/mol. The van der Waals surface area contributed by atoms with Crippen molar-refractivity contribution in [2.24, 2.45) is 4.99 Å². The maximum absolute atomic E-state index is 13.0. The van der Waals surface area contributed by atoms with Crippen LogP contribution >= 0.6 is 0 Å². The summed E-state index contributed by atoms with van der Waals surface area (Å²) in [5, 5.41) is 0. The number of methoxy groups -OCH3 is 1. The second-order valence-corrected chi connectivity index (χ2v) is 7.54. The van der Waals surface area contributed by atoms with Crippen molar-refractivity contribution in [1.29, 1.82) is 4.78 Å². The molecule has 0 radical (unpaired) electrons. The number of hydrogen-bond acceptors (Lipinski definition) is 4. The third-order valence-electron chi connectivity index (χ3n) is 3.61. The highest BCUT2D eigenvalue weighted by Crippen LogP contribution is 2.36. The van der Waals surface area contributed by atoms with Gasteiger partial charge in [-0.15, -0.1) is 0 Å². The largest absolute Gasteiger partial charge is 0.481 e. The first-order chi connectivity index (χ1) is 11.5. The molecule has 1 aromatic rings. The highest BCUT2D eigenvalue weighted by Gasteiger charge is 2.32. The van der Waals surface area contributed by atoms with Gasteiger partial charge in [-0.1, -0.05) is 19.6 Å². The summed E-state index contributed by atoms with van der Waals surface area (Å²) in [5.74, 6) is 0.132. The molecule has 1 atom stereocenters. The minimum Gasteiger partial charge on any atom is -0.481 e. The SMILES string of the molecule is C=C(/C(C)=C(\N=CC)OC)c1ccc(C(F)(F)F)cc1S(=N)(=O)CC. The third kappa shape index (κ3) is 4.72. The first kappa shape index (κ1) is 21.0. The normalized spacial score (nSPS) is 15.6. The van der Waals surface area contributed by atoms with Crippen LogP contribution in [0.25, 0.3) is 5.57 Å². The zero-order valence-corrected chi connectivity index (χ0v) is 15.3. The van der Waals surface area contributed by atoms with Gasteiger partial charge in [0.05, 0.1) is 27.3 Å². The summed E-state index contributed by atoms with van der Waals surface area (Å²) in [6.45, 7) is 8.70. The van der Waals surface area contributed by atoms with Gasteiger partial charge >= 0.3 is 6.18 Å². The molecule has 1 N–H and O–H groups in total. The molecule has 0 saturated heterocycles. The average Bonchev–Trinajstić information content (AvgIpc) is 2.57. The Labute approximate surface area is 146 Å². The molecule has 0 bridgehead atoms. The summed E-state index contributed by atoms with van der Waals surface area (Å²) in [7, 11) is -1.99. The smallest absolute Gasteiger partial charge is 0.416 e. The van der Waals surface area contributed by atoms with E-state index in [4.69, 9.17) is 9.52 Å². The van der Waals surface area contributed by atoms with E-state index in [0.717, 1.165) is 12.1 Å². The van der Waals surface area contributed by atoms with Crippen molar-refractivity contribution in [3.8, 4) is 0 Å². The third-order valence-corrected chi connectivity index (χ3v) is 5.47. The molecule has 1 rings (SSSR count). The second kappa shape index (κ2) is 7.86. The molecule has 0 amide bonds. The number of ether oxygens (including phenoxy) is 1. The molecule has 1 unspecified atom stereocenters. The molecule has 25 heavy (non-hydrogen) atoms. The van der Waals surface area contributed by atoms with Gasteiger partial charge in [-0.05, 0) is 37.1 Å². The van der Waals surface area contributed by atoms with Crippen molar-refractivity contribution in [3.63, 3.8) is 0 Å². The van der Waals surface area contributed by atoms with Crippen LogP contribution in [0.15, 0.2) is 46.1 Å². The van der Waals surface area contributed by atoms with Crippen LogP contribution in [-0.2, 0) is 20.6 Å². The van der Waals surface area contributed by atoms with Crippen LogP contribution in [0, 0.1) is 4.78 Å². The molecule has 8 heteroatoms. The van der Waals surface area contributed by atoms with Gasteiger partial charge in [0.1, 0.15) is 0 Å². The van der Waals surface area contributed by atoms with Crippen molar-refractivity contribution in [2.45, 2.75) is 31.8 Å². The van der Waals surface area contributed by atoms with Crippen molar-refractivity contribution < 1.29 is 22.1 Å². The number of benzene rings is 1. The quantitative estimate of drug-likeness (QED) is 0.427. The summed E-state index contributed by atoms with van der Waals surface area (Å²) in [4.78, 5) is 3.84. The minimum absolute atomic E-state index is 0.110. The summed E-state index contributed by atoms with van der Waals surface area (Å²) in [5.41, 5.74) is 0.0494. The van der Waals surface area contributed by atoms with E-state index in [-0.39, 0.29) is 22.1 Å². The number of aliphatic imine (C=N–C) groups is 1. The Hall–Kier alpha value is -2.09. The predicted molar refractivity (Wildman–Crippen MR) is 94.0 cm³/mol. The lowest BCUT2D eigenvalue weighted by molar-refractivity contribution is -0.137. The van der Waals surface area contributed by atoms with Gasteiger partial charge in [-0.25, -0.2) is 14.0 Å². The molecule has 138 valence electrons. The number of nitrogens with one attached hydrogen (secondary N) is 1. The molecule has 4 nitrogen and oxygen atoms in total. The predicted octanol–water partition coefficient (Wildman–Crippen LogP) is 5.11. The van der Waals surface area contributed by atoms with E-state index in [1.54, 1.807) is 13.8 Å². The lowest BCUT2D eigenvalue weighted by Gasteiger charge is -2.17. The van der Waals surface area contributed by atoms with Crippen molar-refractivity contribution in [3.05, 3.63) is 47.4 Å². The summed E-state index contributed by atoms with van der Waals surface area (Å²) in [6, 6.07) is 2.84. The number of alkyl halides is 3. The molecule has 0 aliphatic heterocycles. The highest BCUT2D eigenvalue weighted by atomic mass is 32.2. The number of rotatable bonds is 6. The Morgan fingerprint density at radius 2 is 2.04 bits per heavy atom. The fourth-order valence-electron chi connectivity index (χ4n) is 2.13. The molecular weight excluding hydrogens is 353 g/mol. The Kier molecular flexibility index (Phi) is 6.59. The highest BCUT2D eigenvalue weighted by molar-refractivity contribution is 7.92. The van der Waals surface area contributed by atoms with E-state index >= 15 is 0 Å². The lowest BCUT2D eigenvalue weighted by atomic mass is 9.99. The number of hydrogen-bond donors (Lipinski definition) is 1. The van der Waals surface area contributed by atoms with Crippen LogP contribution in [0.1, 0.15) is 31.9 Å². The van der Waals surface area contributed by atoms with Crippen LogP contribution in [0.5, 0.6) is 0 Å². The average molecular weight is 374 g/mol. The van der Waals surface area contributed by atoms with Crippen LogP contribution in [0.3, 0.4) is 0 Å². The van der Waals surface area contributed by atoms with Gasteiger partial charge in [-0.3, -0.25) is 0 Å². The van der Waals surface area contributed by atoms with Crippen molar-refractivity contribution >= 4 is 21.5 Å². The van der Waals surface area contributed by atoms with E-state index in [9.17, 15) is 17.4 Å². The van der Waals surface area contributed by atoms with E-state index < -0.39 is 21.5 Å². The van der Waals surface area contributed by atoms with Gasteiger partial charge in [0.15, 0.2) is 0 Å². The maximum atomic E-state index is 13.0. The van der Waals surface area contributed by atoms with Crippen LogP contribution in [0.4, 0.5) is 13.2 Å². The van der Waals surface area contributed by atoms with Gasteiger partial charge in [-0.2, -0.15) is 13.2 Å². The van der Waals surface area contributed by atoms with Crippen LogP contribution < -0.4 is 0 Å². The van der Waals surface area contributed by atoms with Crippen LogP contribution in [-0.4, -0.2) is 23.3 Å². The van der Waals surface area contributed by atoms with Crippen molar-refractivity contribution in [2.75, 3.05) is 12.9 Å². The van der Waals surface area contributed by atoms with Gasteiger partial charge in [0.2, 0.25) is 5.88 Å². The molecule has 0 aliphatic rings. The fraction of sp³-hybridized carbons (Fsp3) is 0.353. The van der Waals surface area contributed by atoms with Crippen LogP contribution in [0.2, 0.25) is 0 Å². The minimum atomic E-state index is -4.59. The molecular formula is C17H21F3N2O2S. The zero-order valence-electron chi connectivity index (χ0n) is 14.5. The Balaban J connectivity index is 3.68. The first-order valence-corrected chi connectivity index (χ1v) is 9.13. The number of allylic oxidation sites excluding steroid dienone is 2. The topological polar surface area (TPSA) is 62.5 Å². The van der Waals surface area contributed by atoms with E-state index in [1.807, 2.05) is 0 Å². The molecule has 0 aromatic heterocycles. The van der Waals surface area contributed by atoms with Gasteiger partial charge in [0, 0.05) is 17.5 Å². The summed E-state index contributed by atoms with van der Waals surface area (Å²) in [6.07, 6.45) is -3.09. The first-order valence-electron chi connectivity index (χ1n) is 7.40. The molecule has 1 aromatic carbocycles. The fourth-order valence-corrected chi connectivity index (χ4v) is 3.30. The Morgan fingerprint density at radius 1 is 1.44 bits per heavy atom.